The molecule has 0 aliphatic carbocycles. The standard InChI is InChI=1S/C20H21N3O3/c1-13-4-8-15(9-5-13)20(3)18(25)23(19(26)22-20)12-17(24)21-16-10-6-14(2)7-11-16/h4-11H,12H2,1-3H3,(H,21,24)(H,22,26). The van der Waals surface area contributed by atoms with Crippen molar-refractivity contribution in [3.05, 3.63) is 65.2 Å². The summed E-state index contributed by atoms with van der Waals surface area (Å²) >= 11 is 0. The van der Waals surface area contributed by atoms with E-state index in [4.69, 9.17) is 0 Å². The zero-order chi connectivity index (χ0) is 18.9. The summed E-state index contributed by atoms with van der Waals surface area (Å²) in [6, 6.07) is 14.1. The minimum atomic E-state index is -1.17. The number of hydrogen-bond donors (Lipinski definition) is 2. The van der Waals surface area contributed by atoms with Gasteiger partial charge < -0.3 is 10.6 Å². The molecule has 1 heterocycles. The third-order valence-corrected chi connectivity index (χ3v) is 4.54. The van der Waals surface area contributed by atoms with Crippen LogP contribution in [0.25, 0.3) is 0 Å². The van der Waals surface area contributed by atoms with E-state index in [0.717, 1.165) is 16.0 Å². The first-order chi connectivity index (χ1) is 12.3. The van der Waals surface area contributed by atoms with Gasteiger partial charge in [0.2, 0.25) is 5.91 Å². The summed E-state index contributed by atoms with van der Waals surface area (Å²) in [7, 11) is 0. The summed E-state index contributed by atoms with van der Waals surface area (Å²) in [4.78, 5) is 38.3. The zero-order valence-electron chi connectivity index (χ0n) is 15.0. The van der Waals surface area contributed by atoms with E-state index in [9.17, 15) is 14.4 Å². The van der Waals surface area contributed by atoms with Gasteiger partial charge in [-0.05, 0) is 38.5 Å². The van der Waals surface area contributed by atoms with Gasteiger partial charge in [0.15, 0.2) is 0 Å². The third kappa shape index (κ3) is 3.31. The molecule has 6 nitrogen and oxygen atoms in total. The van der Waals surface area contributed by atoms with Crippen LogP contribution in [0.15, 0.2) is 48.5 Å². The topological polar surface area (TPSA) is 78.5 Å². The van der Waals surface area contributed by atoms with Crippen molar-refractivity contribution in [2.75, 3.05) is 11.9 Å². The number of hydrogen-bond acceptors (Lipinski definition) is 3. The molecule has 0 aromatic heterocycles. The van der Waals surface area contributed by atoms with Crippen molar-refractivity contribution in [3.63, 3.8) is 0 Å². The van der Waals surface area contributed by atoms with Gasteiger partial charge in [0.05, 0.1) is 0 Å². The van der Waals surface area contributed by atoms with Gasteiger partial charge in [-0.1, -0.05) is 47.5 Å². The SMILES string of the molecule is Cc1ccc(NC(=O)CN2C(=O)NC(C)(c3ccc(C)cc3)C2=O)cc1. The molecule has 6 heteroatoms. The van der Waals surface area contributed by atoms with Crippen LogP contribution >= 0.6 is 0 Å². The number of nitrogens with zero attached hydrogens (tertiary/aromatic N) is 1. The van der Waals surface area contributed by atoms with Gasteiger partial charge in [-0.25, -0.2) is 4.79 Å². The largest absolute Gasteiger partial charge is 0.325 e. The van der Waals surface area contributed by atoms with Gasteiger partial charge in [-0.2, -0.15) is 0 Å². The Hall–Kier alpha value is -3.15. The predicted octanol–water partition coefficient (Wildman–Crippen LogP) is 2.71. The highest BCUT2D eigenvalue weighted by Gasteiger charge is 2.49. The Kier molecular flexibility index (Phi) is 4.50. The maximum atomic E-state index is 12.8. The average Bonchev–Trinajstić information content (AvgIpc) is 2.82. The van der Waals surface area contributed by atoms with Gasteiger partial charge in [-0.15, -0.1) is 0 Å². The molecule has 2 aromatic rings. The van der Waals surface area contributed by atoms with Crippen LogP contribution < -0.4 is 10.6 Å². The zero-order valence-corrected chi connectivity index (χ0v) is 15.0. The third-order valence-electron chi connectivity index (χ3n) is 4.54. The molecule has 0 saturated carbocycles. The summed E-state index contributed by atoms with van der Waals surface area (Å²) in [6.07, 6.45) is 0. The number of rotatable bonds is 4. The summed E-state index contributed by atoms with van der Waals surface area (Å²) < 4.78 is 0. The smallest absolute Gasteiger partial charge is 0.325 e. The first kappa shape index (κ1) is 17.7. The van der Waals surface area contributed by atoms with E-state index in [2.05, 4.69) is 10.6 Å². The van der Waals surface area contributed by atoms with Crippen LogP contribution in [0.2, 0.25) is 0 Å². The van der Waals surface area contributed by atoms with E-state index in [-0.39, 0.29) is 6.54 Å². The molecule has 1 atom stereocenters. The second-order valence-electron chi connectivity index (χ2n) is 6.73. The molecule has 1 saturated heterocycles. The summed E-state index contributed by atoms with van der Waals surface area (Å²) in [6.45, 7) is 5.21. The number of carbonyl (C=O) groups is 3. The fraction of sp³-hybridized carbons (Fsp3) is 0.250. The van der Waals surface area contributed by atoms with Crippen molar-refractivity contribution in [2.45, 2.75) is 26.3 Å². The molecule has 0 spiro atoms. The summed E-state index contributed by atoms with van der Waals surface area (Å²) in [5.41, 5.74) is 2.26. The van der Waals surface area contributed by atoms with Crippen LogP contribution in [0.4, 0.5) is 10.5 Å². The van der Waals surface area contributed by atoms with Gasteiger partial charge >= 0.3 is 6.03 Å². The predicted molar refractivity (Wildman–Crippen MR) is 98.6 cm³/mol. The van der Waals surface area contributed by atoms with E-state index >= 15 is 0 Å². The second kappa shape index (κ2) is 6.63. The normalized spacial score (nSPS) is 19.4. The summed E-state index contributed by atoms with van der Waals surface area (Å²) in [5, 5.41) is 5.40. The number of urea groups is 1. The molecular formula is C20H21N3O3. The van der Waals surface area contributed by atoms with E-state index < -0.39 is 23.4 Å². The van der Waals surface area contributed by atoms with E-state index in [0.29, 0.717) is 11.3 Å². The maximum Gasteiger partial charge on any atom is 0.325 e. The fourth-order valence-corrected chi connectivity index (χ4v) is 2.90. The quantitative estimate of drug-likeness (QED) is 0.832. The minimum absolute atomic E-state index is 0.333. The fourth-order valence-electron chi connectivity index (χ4n) is 2.90. The number of nitrogens with one attached hydrogen (secondary N) is 2. The van der Waals surface area contributed by atoms with Crippen LogP contribution in [-0.2, 0) is 15.1 Å². The molecule has 2 N–H and O–H groups in total. The Morgan fingerprint density at radius 1 is 1.00 bits per heavy atom. The molecule has 0 radical (unpaired) electrons. The number of amides is 4. The van der Waals surface area contributed by atoms with Crippen LogP contribution in [0.5, 0.6) is 0 Å². The lowest BCUT2D eigenvalue weighted by Crippen LogP contribution is -2.42. The van der Waals surface area contributed by atoms with Crippen molar-refractivity contribution in [1.82, 2.24) is 10.2 Å². The van der Waals surface area contributed by atoms with E-state index in [1.165, 1.54) is 0 Å². The summed E-state index contributed by atoms with van der Waals surface area (Å²) in [5.74, 6) is -0.865. The highest BCUT2D eigenvalue weighted by atomic mass is 16.2. The van der Waals surface area contributed by atoms with Crippen LogP contribution in [0, 0.1) is 13.8 Å². The minimum Gasteiger partial charge on any atom is -0.325 e. The molecule has 0 bridgehead atoms. The molecule has 2 aromatic carbocycles. The highest BCUT2D eigenvalue weighted by molar-refractivity contribution is 6.10. The molecule has 1 fully saturated rings. The van der Waals surface area contributed by atoms with Gasteiger partial charge in [0, 0.05) is 5.69 Å². The average molecular weight is 351 g/mol. The second-order valence-corrected chi connectivity index (χ2v) is 6.73. The first-order valence-electron chi connectivity index (χ1n) is 8.37. The molecule has 3 rings (SSSR count). The number of aryl methyl sites for hydroxylation is 2. The molecule has 1 unspecified atom stereocenters. The lowest BCUT2D eigenvalue weighted by atomic mass is 9.91. The van der Waals surface area contributed by atoms with Crippen molar-refractivity contribution in [1.29, 1.82) is 0 Å². The number of anilines is 1. The number of carbonyl (C=O) groups excluding carboxylic acids is 3. The first-order valence-corrected chi connectivity index (χ1v) is 8.37. The van der Waals surface area contributed by atoms with Crippen molar-refractivity contribution < 1.29 is 14.4 Å². The molecule has 1 aliphatic rings. The molecule has 26 heavy (non-hydrogen) atoms. The highest BCUT2D eigenvalue weighted by Crippen LogP contribution is 2.28. The van der Waals surface area contributed by atoms with Crippen molar-refractivity contribution >= 4 is 23.5 Å². The Morgan fingerprint density at radius 2 is 1.54 bits per heavy atom. The molecule has 4 amide bonds. The lowest BCUT2D eigenvalue weighted by Gasteiger charge is -2.22. The Morgan fingerprint density at radius 3 is 2.12 bits per heavy atom. The monoisotopic (exact) mass is 351 g/mol. The van der Waals surface area contributed by atoms with Crippen LogP contribution in [0.3, 0.4) is 0 Å². The van der Waals surface area contributed by atoms with Gasteiger partial charge in [0.25, 0.3) is 5.91 Å². The van der Waals surface area contributed by atoms with E-state index in [1.54, 1.807) is 19.1 Å². The lowest BCUT2D eigenvalue weighted by molar-refractivity contribution is -0.133. The van der Waals surface area contributed by atoms with E-state index in [1.807, 2.05) is 50.2 Å². The Bertz CT molecular complexity index is 859. The van der Waals surface area contributed by atoms with Gasteiger partial charge in [0.1, 0.15) is 12.1 Å². The molecular weight excluding hydrogens is 330 g/mol. The van der Waals surface area contributed by atoms with Gasteiger partial charge in [-0.3, -0.25) is 14.5 Å². The number of benzene rings is 2. The van der Waals surface area contributed by atoms with Crippen LogP contribution in [-0.4, -0.2) is 29.3 Å². The van der Waals surface area contributed by atoms with Crippen molar-refractivity contribution in [2.24, 2.45) is 0 Å². The molecule has 1 aliphatic heterocycles. The Labute approximate surface area is 152 Å². The maximum absolute atomic E-state index is 12.8. The molecule has 134 valence electrons. The van der Waals surface area contributed by atoms with Crippen LogP contribution in [0.1, 0.15) is 23.6 Å². The number of imide groups is 1. The van der Waals surface area contributed by atoms with Crippen molar-refractivity contribution in [3.8, 4) is 0 Å². The Balaban J connectivity index is 1.73.